The van der Waals surface area contributed by atoms with Gasteiger partial charge in [0.25, 0.3) is 5.91 Å². The summed E-state index contributed by atoms with van der Waals surface area (Å²) >= 11 is 0. The van der Waals surface area contributed by atoms with Crippen molar-refractivity contribution in [3.8, 4) is 5.75 Å². The van der Waals surface area contributed by atoms with Gasteiger partial charge in [-0.2, -0.15) is 0 Å². The van der Waals surface area contributed by atoms with Crippen molar-refractivity contribution in [1.29, 1.82) is 0 Å². The van der Waals surface area contributed by atoms with E-state index in [1.54, 1.807) is 17.5 Å². The van der Waals surface area contributed by atoms with Gasteiger partial charge in [-0.1, -0.05) is 49.6 Å². The molecule has 1 saturated carbocycles. The highest BCUT2D eigenvalue weighted by Gasteiger charge is 2.23. The number of nitrogens with one attached hydrogen (secondary N) is 2. The highest BCUT2D eigenvalue weighted by molar-refractivity contribution is 5.95. The van der Waals surface area contributed by atoms with Gasteiger partial charge in [-0.25, -0.2) is 9.78 Å². The van der Waals surface area contributed by atoms with Gasteiger partial charge in [0.2, 0.25) is 0 Å². The number of aromatic nitrogens is 2. The molecule has 1 atom stereocenters. The van der Waals surface area contributed by atoms with Gasteiger partial charge in [-0.3, -0.25) is 9.20 Å². The third-order valence-electron chi connectivity index (χ3n) is 6.17. The zero-order valence-electron chi connectivity index (χ0n) is 18.8. The first-order valence-corrected chi connectivity index (χ1v) is 11.5. The Morgan fingerprint density at radius 3 is 2.64 bits per heavy atom. The van der Waals surface area contributed by atoms with Crippen LogP contribution in [0.1, 0.15) is 59.9 Å². The van der Waals surface area contributed by atoms with Crippen LogP contribution in [0.3, 0.4) is 0 Å². The van der Waals surface area contributed by atoms with E-state index in [0.717, 1.165) is 5.56 Å². The van der Waals surface area contributed by atoms with Crippen molar-refractivity contribution in [2.75, 3.05) is 13.2 Å². The van der Waals surface area contributed by atoms with Gasteiger partial charge in [0.05, 0.1) is 18.3 Å². The molecule has 0 aliphatic heterocycles. The number of pyridine rings is 1. The molecule has 174 valence electrons. The van der Waals surface area contributed by atoms with Crippen molar-refractivity contribution < 1.29 is 19.4 Å². The number of ether oxygens (including phenoxy) is 1. The van der Waals surface area contributed by atoms with E-state index < -0.39 is 12.1 Å². The Bertz CT molecular complexity index is 1110. The average molecular weight is 451 g/mol. The Morgan fingerprint density at radius 2 is 1.91 bits per heavy atom. The molecular formula is C25H30N4O4. The van der Waals surface area contributed by atoms with Gasteiger partial charge in [-0.05, 0) is 43.4 Å². The van der Waals surface area contributed by atoms with E-state index in [1.165, 1.54) is 32.1 Å². The SMILES string of the molecule is Cc1nc2c(OCC3CCCCC3)cccn2c1C(=O)NC(CNC(=O)O)c1ccccc1. The maximum Gasteiger partial charge on any atom is 0.404 e. The van der Waals surface area contributed by atoms with Crippen molar-refractivity contribution in [1.82, 2.24) is 20.0 Å². The molecular weight excluding hydrogens is 420 g/mol. The summed E-state index contributed by atoms with van der Waals surface area (Å²) in [6, 6.07) is 12.5. The predicted octanol–water partition coefficient (Wildman–Crippen LogP) is 4.34. The molecule has 0 radical (unpaired) electrons. The highest BCUT2D eigenvalue weighted by Crippen LogP contribution is 2.27. The number of carbonyl (C=O) groups is 2. The van der Waals surface area contributed by atoms with Gasteiger partial charge in [0.1, 0.15) is 5.69 Å². The van der Waals surface area contributed by atoms with Gasteiger partial charge in [0, 0.05) is 12.7 Å². The summed E-state index contributed by atoms with van der Waals surface area (Å²) in [4.78, 5) is 29.0. The first-order chi connectivity index (χ1) is 16.0. The zero-order chi connectivity index (χ0) is 23.2. The average Bonchev–Trinajstić information content (AvgIpc) is 3.17. The second-order valence-corrected chi connectivity index (χ2v) is 8.55. The Morgan fingerprint density at radius 1 is 1.15 bits per heavy atom. The number of benzene rings is 1. The van der Waals surface area contributed by atoms with Crippen molar-refractivity contribution >= 4 is 17.6 Å². The number of amides is 2. The van der Waals surface area contributed by atoms with E-state index in [1.807, 2.05) is 42.5 Å². The minimum atomic E-state index is -1.14. The molecule has 1 aromatic carbocycles. The lowest BCUT2D eigenvalue weighted by molar-refractivity contribution is 0.0928. The van der Waals surface area contributed by atoms with E-state index in [4.69, 9.17) is 9.84 Å². The van der Waals surface area contributed by atoms with E-state index >= 15 is 0 Å². The molecule has 8 heteroatoms. The summed E-state index contributed by atoms with van der Waals surface area (Å²) in [5.74, 6) is 0.897. The molecule has 3 aromatic rings. The topological polar surface area (TPSA) is 105 Å². The molecule has 33 heavy (non-hydrogen) atoms. The van der Waals surface area contributed by atoms with Gasteiger partial charge < -0.3 is 20.5 Å². The third kappa shape index (κ3) is 5.45. The molecule has 4 rings (SSSR count). The fraction of sp³-hybridized carbons (Fsp3) is 0.400. The number of imidazole rings is 1. The Balaban J connectivity index is 1.55. The number of hydrogen-bond acceptors (Lipinski definition) is 4. The normalized spacial score (nSPS) is 15.2. The number of hydrogen-bond donors (Lipinski definition) is 3. The van der Waals surface area contributed by atoms with Crippen LogP contribution in [0.4, 0.5) is 4.79 Å². The van der Waals surface area contributed by atoms with E-state index in [9.17, 15) is 9.59 Å². The summed E-state index contributed by atoms with van der Waals surface area (Å²) in [6.45, 7) is 2.50. The van der Waals surface area contributed by atoms with Crippen molar-refractivity contribution in [3.05, 3.63) is 65.6 Å². The van der Waals surface area contributed by atoms with Gasteiger partial charge >= 0.3 is 6.09 Å². The number of carbonyl (C=O) groups excluding carboxylic acids is 1. The third-order valence-corrected chi connectivity index (χ3v) is 6.17. The standard InChI is InChI=1S/C25H30N4O4/c1-17-22(24(30)28-20(15-26-25(31)32)19-11-6-3-7-12-19)29-14-8-13-21(23(29)27-17)33-16-18-9-4-2-5-10-18/h3,6-8,11-14,18,20,26H,2,4-5,9-10,15-16H2,1H3,(H,28,30)(H,31,32). The van der Waals surface area contributed by atoms with Crippen LogP contribution in [0.2, 0.25) is 0 Å². The summed E-state index contributed by atoms with van der Waals surface area (Å²) in [6.07, 6.45) is 6.84. The summed E-state index contributed by atoms with van der Waals surface area (Å²) in [5, 5.41) is 14.4. The lowest BCUT2D eigenvalue weighted by atomic mass is 9.90. The van der Waals surface area contributed by atoms with Crippen LogP contribution in [0, 0.1) is 12.8 Å². The highest BCUT2D eigenvalue weighted by atomic mass is 16.5. The maximum atomic E-state index is 13.3. The van der Waals surface area contributed by atoms with Crippen molar-refractivity contribution in [2.24, 2.45) is 5.92 Å². The van der Waals surface area contributed by atoms with Crippen LogP contribution in [-0.2, 0) is 0 Å². The number of fused-ring (bicyclic) bond motifs is 1. The van der Waals surface area contributed by atoms with E-state index in [2.05, 4.69) is 15.6 Å². The molecule has 2 amide bonds. The molecule has 1 aliphatic carbocycles. The van der Waals surface area contributed by atoms with Crippen LogP contribution < -0.4 is 15.4 Å². The molecule has 0 spiro atoms. The summed E-state index contributed by atoms with van der Waals surface area (Å²) < 4.78 is 7.88. The lowest BCUT2D eigenvalue weighted by Gasteiger charge is -2.21. The molecule has 0 saturated heterocycles. The van der Waals surface area contributed by atoms with Gasteiger partial charge in [-0.15, -0.1) is 0 Å². The molecule has 0 bridgehead atoms. The fourth-order valence-corrected chi connectivity index (χ4v) is 4.46. The second-order valence-electron chi connectivity index (χ2n) is 8.55. The van der Waals surface area contributed by atoms with Crippen LogP contribution in [0.25, 0.3) is 5.65 Å². The second kappa shape index (κ2) is 10.4. The maximum absolute atomic E-state index is 13.3. The number of carboxylic acid groups (broad SMARTS) is 1. The van der Waals surface area contributed by atoms with Crippen LogP contribution >= 0.6 is 0 Å². The van der Waals surface area contributed by atoms with E-state index in [-0.39, 0.29) is 12.5 Å². The number of rotatable bonds is 8. The Hall–Kier alpha value is -3.55. The number of aryl methyl sites for hydroxylation is 1. The molecule has 2 heterocycles. The smallest absolute Gasteiger partial charge is 0.404 e. The molecule has 3 N–H and O–H groups in total. The molecule has 1 aliphatic rings. The quantitative estimate of drug-likeness (QED) is 0.473. The summed E-state index contributed by atoms with van der Waals surface area (Å²) in [5.41, 5.74) is 2.40. The fourth-order valence-electron chi connectivity index (χ4n) is 4.46. The van der Waals surface area contributed by atoms with Crippen molar-refractivity contribution in [2.45, 2.75) is 45.1 Å². The largest absolute Gasteiger partial charge is 0.489 e. The number of nitrogens with zero attached hydrogens (tertiary/aromatic N) is 2. The minimum Gasteiger partial charge on any atom is -0.489 e. The van der Waals surface area contributed by atoms with Crippen LogP contribution in [0.15, 0.2) is 48.7 Å². The first kappa shape index (κ1) is 22.6. The van der Waals surface area contributed by atoms with Crippen LogP contribution in [0.5, 0.6) is 5.75 Å². The molecule has 1 unspecified atom stereocenters. The molecule has 8 nitrogen and oxygen atoms in total. The minimum absolute atomic E-state index is 0.0522. The predicted molar refractivity (Wildman–Crippen MR) is 125 cm³/mol. The first-order valence-electron chi connectivity index (χ1n) is 11.5. The molecule has 1 fully saturated rings. The van der Waals surface area contributed by atoms with Crippen LogP contribution in [-0.4, -0.2) is 39.6 Å². The van der Waals surface area contributed by atoms with E-state index in [0.29, 0.717) is 35.3 Å². The summed E-state index contributed by atoms with van der Waals surface area (Å²) in [7, 11) is 0. The Kier molecular flexibility index (Phi) is 7.12. The lowest BCUT2D eigenvalue weighted by Crippen LogP contribution is -2.38. The monoisotopic (exact) mass is 450 g/mol. The van der Waals surface area contributed by atoms with Crippen molar-refractivity contribution in [3.63, 3.8) is 0 Å². The zero-order valence-corrected chi connectivity index (χ0v) is 18.8. The van der Waals surface area contributed by atoms with Gasteiger partial charge in [0.15, 0.2) is 11.4 Å². The Labute approximate surface area is 193 Å². The molecule has 2 aromatic heterocycles.